The number of hydrogen-bond donors (Lipinski definition) is 2. The second-order valence-electron chi connectivity index (χ2n) is 6.07. The number of ether oxygens (including phenoxy) is 1. The molecule has 2 aromatic heterocycles. The highest BCUT2D eigenvalue weighted by Crippen LogP contribution is 2.32. The number of guanidine groups is 1. The molecule has 4 aromatic rings. The van der Waals surface area contributed by atoms with Crippen LogP contribution in [0.1, 0.15) is 16.9 Å². The van der Waals surface area contributed by atoms with Crippen LogP contribution in [0.25, 0.3) is 11.0 Å². The Bertz CT molecular complexity index is 1130. The molecule has 0 fully saturated rings. The lowest BCUT2D eigenvalue weighted by Crippen LogP contribution is -2.31. The normalized spacial score (nSPS) is 15.9. The number of hydrogen-bond acceptors (Lipinski definition) is 7. The van der Waals surface area contributed by atoms with Crippen molar-refractivity contribution in [1.29, 1.82) is 0 Å². The fraction of sp³-hybridized carbons (Fsp3) is 0.105. The third-order valence-electron chi connectivity index (χ3n) is 4.28. The van der Waals surface area contributed by atoms with Crippen LogP contribution in [0.4, 0.5) is 5.95 Å². The van der Waals surface area contributed by atoms with Gasteiger partial charge < -0.3 is 10.5 Å². The maximum absolute atomic E-state index is 5.98. The van der Waals surface area contributed by atoms with E-state index in [0.717, 1.165) is 27.5 Å². The van der Waals surface area contributed by atoms with Gasteiger partial charge in [-0.2, -0.15) is 0 Å². The van der Waals surface area contributed by atoms with Gasteiger partial charge in [-0.25, -0.2) is 15.0 Å². The third kappa shape index (κ3) is 2.89. The van der Waals surface area contributed by atoms with Crippen molar-refractivity contribution in [1.82, 2.24) is 14.5 Å². The summed E-state index contributed by atoms with van der Waals surface area (Å²) in [4.78, 5) is 13.9. The fourth-order valence-corrected chi connectivity index (χ4v) is 3.80. The number of para-hydroxylation sites is 3. The van der Waals surface area contributed by atoms with Crippen molar-refractivity contribution in [3.05, 3.63) is 70.7 Å². The van der Waals surface area contributed by atoms with Gasteiger partial charge in [0.25, 0.3) is 0 Å². The Kier molecular flexibility index (Phi) is 3.75. The van der Waals surface area contributed by atoms with E-state index in [-0.39, 0.29) is 6.17 Å². The van der Waals surface area contributed by atoms with Gasteiger partial charge in [-0.1, -0.05) is 30.3 Å². The van der Waals surface area contributed by atoms with E-state index in [9.17, 15) is 0 Å². The Hall–Kier alpha value is -3.39. The highest BCUT2D eigenvalue weighted by atomic mass is 32.1. The molecular formula is C19H16N6OS. The number of nitrogens with one attached hydrogen (secondary N) is 1. The van der Waals surface area contributed by atoms with Gasteiger partial charge in [0, 0.05) is 5.38 Å². The van der Waals surface area contributed by atoms with Gasteiger partial charge in [-0.15, -0.1) is 11.3 Å². The van der Waals surface area contributed by atoms with E-state index in [4.69, 9.17) is 15.5 Å². The van der Waals surface area contributed by atoms with E-state index in [1.807, 2.05) is 64.5 Å². The number of benzene rings is 2. The summed E-state index contributed by atoms with van der Waals surface area (Å²) < 4.78 is 7.81. The van der Waals surface area contributed by atoms with E-state index in [1.165, 1.54) is 0 Å². The number of aliphatic imine (C=N–C) groups is 1. The maximum atomic E-state index is 5.98. The lowest BCUT2D eigenvalue weighted by molar-refractivity contribution is 0.305. The van der Waals surface area contributed by atoms with E-state index in [0.29, 0.717) is 18.5 Å². The molecule has 0 spiro atoms. The van der Waals surface area contributed by atoms with E-state index >= 15 is 0 Å². The van der Waals surface area contributed by atoms with Crippen molar-refractivity contribution < 1.29 is 4.74 Å². The van der Waals surface area contributed by atoms with Crippen LogP contribution in [0.2, 0.25) is 0 Å². The summed E-state index contributed by atoms with van der Waals surface area (Å²) in [5.74, 6) is 1.82. The number of anilines is 1. The number of fused-ring (bicyclic) bond motifs is 3. The quantitative estimate of drug-likeness (QED) is 0.570. The molecule has 0 amide bonds. The molecule has 0 saturated heterocycles. The minimum absolute atomic E-state index is 0.331. The molecule has 134 valence electrons. The molecule has 7 nitrogen and oxygen atoms in total. The number of thiazole rings is 1. The molecule has 1 atom stereocenters. The Morgan fingerprint density at radius 3 is 2.78 bits per heavy atom. The average molecular weight is 376 g/mol. The first-order chi connectivity index (χ1) is 13.3. The SMILES string of the molecule is NC1=N[C@@H](c2csc(COc3ccccc3)n2)n2c(nc3ccccc32)N1. The van der Waals surface area contributed by atoms with Crippen molar-refractivity contribution >= 4 is 34.3 Å². The van der Waals surface area contributed by atoms with Crippen LogP contribution in [-0.2, 0) is 6.61 Å². The van der Waals surface area contributed by atoms with Crippen LogP contribution in [0.5, 0.6) is 5.75 Å². The second kappa shape index (κ2) is 6.40. The molecule has 5 rings (SSSR count). The zero-order chi connectivity index (χ0) is 18.2. The Labute approximate surface area is 159 Å². The Balaban J connectivity index is 1.46. The number of nitrogens with two attached hydrogens (primary N) is 1. The summed E-state index contributed by atoms with van der Waals surface area (Å²) in [5.41, 5.74) is 8.67. The van der Waals surface area contributed by atoms with Crippen LogP contribution < -0.4 is 15.8 Å². The molecule has 8 heteroatoms. The van der Waals surface area contributed by atoms with Gasteiger partial charge in [0.1, 0.15) is 17.4 Å². The largest absolute Gasteiger partial charge is 0.486 e. The third-order valence-corrected chi connectivity index (χ3v) is 5.12. The van der Waals surface area contributed by atoms with Gasteiger partial charge in [0.2, 0.25) is 5.95 Å². The minimum Gasteiger partial charge on any atom is -0.486 e. The lowest BCUT2D eigenvalue weighted by atomic mass is 10.3. The van der Waals surface area contributed by atoms with Crippen molar-refractivity contribution in [3.63, 3.8) is 0 Å². The van der Waals surface area contributed by atoms with Gasteiger partial charge >= 0.3 is 0 Å². The first kappa shape index (κ1) is 15.8. The molecule has 0 aliphatic carbocycles. The number of rotatable bonds is 4. The number of nitrogens with zero attached hydrogens (tertiary/aromatic N) is 4. The van der Waals surface area contributed by atoms with Crippen molar-refractivity contribution in [3.8, 4) is 5.75 Å². The number of aromatic nitrogens is 3. The van der Waals surface area contributed by atoms with Crippen molar-refractivity contribution in [2.45, 2.75) is 12.8 Å². The van der Waals surface area contributed by atoms with Crippen LogP contribution in [0.15, 0.2) is 65.0 Å². The highest BCUT2D eigenvalue weighted by molar-refractivity contribution is 7.09. The van der Waals surface area contributed by atoms with E-state index in [1.54, 1.807) is 11.3 Å². The maximum Gasteiger partial charge on any atom is 0.212 e. The van der Waals surface area contributed by atoms with Gasteiger partial charge in [-0.3, -0.25) is 9.88 Å². The predicted octanol–water partition coefficient (Wildman–Crippen LogP) is 3.36. The first-order valence-corrected chi connectivity index (χ1v) is 9.35. The first-order valence-electron chi connectivity index (χ1n) is 8.47. The van der Waals surface area contributed by atoms with Crippen LogP contribution in [-0.4, -0.2) is 20.5 Å². The molecule has 27 heavy (non-hydrogen) atoms. The molecule has 3 heterocycles. The molecular weight excluding hydrogens is 360 g/mol. The van der Waals surface area contributed by atoms with Gasteiger partial charge in [-0.05, 0) is 24.3 Å². The van der Waals surface area contributed by atoms with Crippen LogP contribution in [0.3, 0.4) is 0 Å². The van der Waals surface area contributed by atoms with Crippen LogP contribution >= 0.6 is 11.3 Å². The molecule has 0 bridgehead atoms. The number of imidazole rings is 1. The lowest BCUT2D eigenvalue weighted by Gasteiger charge is -2.22. The average Bonchev–Trinajstić information content (AvgIpc) is 3.31. The highest BCUT2D eigenvalue weighted by Gasteiger charge is 2.26. The molecule has 1 aliphatic heterocycles. The zero-order valence-electron chi connectivity index (χ0n) is 14.2. The van der Waals surface area contributed by atoms with Gasteiger partial charge in [0.15, 0.2) is 12.1 Å². The summed E-state index contributed by atoms with van der Waals surface area (Å²) in [6.45, 7) is 0.413. The Morgan fingerprint density at radius 2 is 1.89 bits per heavy atom. The predicted molar refractivity (Wildman–Crippen MR) is 106 cm³/mol. The summed E-state index contributed by atoms with van der Waals surface area (Å²) in [6.07, 6.45) is -0.352. The summed E-state index contributed by atoms with van der Waals surface area (Å²) in [6, 6.07) is 17.6. The van der Waals surface area contributed by atoms with Crippen molar-refractivity contribution in [2.24, 2.45) is 10.7 Å². The van der Waals surface area contributed by atoms with Crippen molar-refractivity contribution in [2.75, 3.05) is 5.32 Å². The molecule has 0 unspecified atom stereocenters. The van der Waals surface area contributed by atoms with Gasteiger partial charge in [0.05, 0.1) is 16.7 Å². The molecule has 3 N–H and O–H groups in total. The summed E-state index contributed by atoms with van der Waals surface area (Å²) >= 11 is 1.55. The summed E-state index contributed by atoms with van der Waals surface area (Å²) in [5, 5.41) is 5.91. The second-order valence-corrected chi connectivity index (χ2v) is 7.02. The molecule has 2 aromatic carbocycles. The standard InChI is InChI=1S/C19H16N6OS/c20-18-23-17(25-15-9-5-4-8-13(15)22-19(25)24-18)14-11-27-16(21-14)10-26-12-6-2-1-3-7-12/h1-9,11,17H,10H2,(H3,20,22,23,24)/t17-/m1/s1. The Morgan fingerprint density at radius 1 is 1.07 bits per heavy atom. The van der Waals surface area contributed by atoms with E-state index in [2.05, 4.69) is 15.3 Å². The molecule has 0 saturated carbocycles. The molecule has 1 aliphatic rings. The minimum atomic E-state index is -0.352. The monoisotopic (exact) mass is 376 g/mol. The van der Waals surface area contributed by atoms with E-state index < -0.39 is 0 Å². The molecule has 0 radical (unpaired) electrons. The zero-order valence-corrected chi connectivity index (χ0v) is 15.1. The van der Waals surface area contributed by atoms with Crippen LogP contribution in [0, 0.1) is 0 Å². The topological polar surface area (TPSA) is 90.4 Å². The smallest absolute Gasteiger partial charge is 0.212 e. The fourth-order valence-electron chi connectivity index (χ4n) is 3.09. The summed E-state index contributed by atoms with van der Waals surface area (Å²) in [7, 11) is 0.